The zero-order valence-electron chi connectivity index (χ0n) is 13.3. The predicted molar refractivity (Wildman–Crippen MR) is 96.2 cm³/mol. The maximum absolute atomic E-state index is 4.83. The third-order valence-electron chi connectivity index (χ3n) is 4.45. The minimum absolute atomic E-state index is 0.588. The van der Waals surface area contributed by atoms with Crippen molar-refractivity contribution >= 4 is 38.2 Å². The summed E-state index contributed by atoms with van der Waals surface area (Å²) in [7, 11) is 0. The summed E-state index contributed by atoms with van der Waals surface area (Å²) >= 11 is 1.49. The fraction of sp³-hybridized carbons (Fsp3) is 0.353. The third kappa shape index (κ3) is 3.24. The van der Waals surface area contributed by atoms with Gasteiger partial charge in [0, 0.05) is 0 Å². The van der Waals surface area contributed by atoms with E-state index in [1.807, 2.05) is 6.20 Å². The number of hydrogen-bond donors (Lipinski definition) is 0. The average Bonchev–Trinajstić information content (AvgIpc) is 2.63. The van der Waals surface area contributed by atoms with Crippen molar-refractivity contribution in [2.45, 2.75) is 19.3 Å². The number of pyridine rings is 1. The molecule has 0 N–H and O–H groups in total. The monoisotopic (exact) mass is 382 g/mol. The number of fused-ring (bicyclic) bond motifs is 1. The van der Waals surface area contributed by atoms with Gasteiger partial charge >= 0.3 is 149 Å². The summed E-state index contributed by atoms with van der Waals surface area (Å²) < 4.78 is 0.988. The van der Waals surface area contributed by atoms with Crippen molar-refractivity contribution in [1.29, 1.82) is 0 Å². The molecule has 1 fully saturated rings. The van der Waals surface area contributed by atoms with Crippen LogP contribution in [0.3, 0.4) is 0 Å². The Hall–Kier alpha value is -2.07. The van der Waals surface area contributed by atoms with Gasteiger partial charge in [-0.25, -0.2) is 0 Å². The Bertz CT molecular complexity index is 841. The van der Waals surface area contributed by atoms with Crippen molar-refractivity contribution < 1.29 is 0 Å². The summed E-state index contributed by atoms with van der Waals surface area (Å²) in [4.78, 5) is 24.4. The molecule has 1 aliphatic rings. The van der Waals surface area contributed by atoms with Crippen LogP contribution < -0.4 is 9.38 Å². The molecular formula is C17H19AsN6. The quantitative estimate of drug-likeness (QED) is 0.616. The van der Waals surface area contributed by atoms with Crippen molar-refractivity contribution in [2.24, 2.45) is 5.92 Å². The zero-order valence-corrected chi connectivity index (χ0v) is 15.8. The molecule has 0 radical (unpaired) electrons. The van der Waals surface area contributed by atoms with E-state index in [0.717, 1.165) is 46.5 Å². The second-order valence-electron chi connectivity index (χ2n) is 6.15. The first-order chi connectivity index (χ1) is 11.8. The SMILES string of the molecule is [AsH2]c1ncnc2ccc(N3CCCC(Cc4cnccn4)C3)nc12. The molecule has 1 saturated heterocycles. The van der Waals surface area contributed by atoms with Crippen LogP contribution in [-0.4, -0.2) is 54.9 Å². The molecule has 0 amide bonds. The van der Waals surface area contributed by atoms with E-state index in [0.29, 0.717) is 5.92 Å². The fourth-order valence-corrected chi connectivity index (χ4v) is 3.88. The summed E-state index contributed by atoms with van der Waals surface area (Å²) in [6.07, 6.45) is 10.4. The molecule has 0 aromatic carbocycles. The summed E-state index contributed by atoms with van der Waals surface area (Å²) in [6.45, 7) is 2.06. The molecule has 7 heteroatoms. The molecule has 6 nitrogen and oxygen atoms in total. The van der Waals surface area contributed by atoms with Crippen LogP contribution in [0.25, 0.3) is 11.0 Å². The summed E-state index contributed by atoms with van der Waals surface area (Å²) in [5.74, 6) is 1.62. The number of aromatic nitrogens is 5. The van der Waals surface area contributed by atoms with Gasteiger partial charge in [-0.15, -0.1) is 0 Å². The van der Waals surface area contributed by atoms with E-state index in [-0.39, 0.29) is 0 Å². The molecule has 2 unspecified atom stereocenters. The summed E-state index contributed by atoms with van der Waals surface area (Å²) in [5.41, 5.74) is 2.91. The maximum atomic E-state index is 4.83. The number of piperidine rings is 1. The minimum atomic E-state index is 0.588. The zero-order chi connectivity index (χ0) is 16.4. The van der Waals surface area contributed by atoms with Gasteiger partial charge in [-0.05, 0) is 0 Å². The number of rotatable bonds is 3. The Morgan fingerprint density at radius 2 is 2.12 bits per heavy atom. The van der Waals surface area contributed by atoms with Gasteiger partial charge in [0.1, 0.15) is 0 Å². The van der Waals surface area contributed by atoms with E-state index in [2.05, 4.69) is 37.0 Å². The summed E-state index contributed by atoms with van der Waals surface area (Å²) in [5, 5.41) is 0. The molecule has 3 aromatic heterocycles. The van der Waals surface area contributed by atoms with Crippen LogP contribution in [0, 0.1) is 5.92 Å². The molecule has 4 heterocycles. The number of nitrogens with zero attached hydrogens (tertiary/aromatic N) is 6. The van der Waals surface area contributed by atoms with Gasteiger partial charge < -0.3 is 0 Å². The van der Waals surface area contributed by atoms with Crippen LogP contribution in [0.2, 0.25) is 0 Å². The van der Waals surface area contributed by atoms with Crippen molar-refractivity contribution in [1.82, 2.24) is 24.9 Å². The van der Waals surface area contributed by atoms with E-state index in [1.165, 1.54) is 29.7 Å². The Kier molecular flexibility index (Phi) is 4.39. The van der Waals surface area contributed by atoms with E-state index < -0.39 is 0 Å². The van der Waals surface area contributed by atoms with Gasteiger partial charge in [-0.3, -0.25) is 0 Å². The van der Waals surface area contributed by atoms with Crippen molar-refractivity contribution in [3.63, 3.8) is 0 Å². The van der Waals surface area contributed by atoms with Gasteiger partial charge in [-0.2, -0.15) is 0 Å². The number of hydrogen-bond acceptors (Lipinski definition) is 6. The first-order valence-corrected chi connectivity index (χ1v) is 9.38. The van der Waals surface area contributed by atoms with Gasteiger partial charge in [0.05, 0.1) is 0 Å². The first-order valence-electron chi connectivity index (χ1n) is 8.16. The second kappa shape index (κ2) is 6.81. The molecule has 2 atom stereocenters. The van der Waals surface area contributed by atoms with Crippen molar-refractivity contribution in [3.8, 4) is 0 Å². The third-order valence-corrected chi connectivity index (χ3v) is 5.34. The Morgan fingerprint density at radius 1 is 1.17 bits per heavy atom. The van der Waals surface area contributed by atoms with Gasteiger partial charge in [0.25, 0.3) is 0 Å². The topological polar surface area (TPSA) is 67.7 Å². The van der Waals surface area contributed by atoms with Crippen molar-refractivity contribution in [2.75, 3.05) is 18.0 Å². The fourth-order valence-electron chi connectivity index (χ4n) is 3.30. The molecule has 0 bridgehead atoms. The van der Waals surface area contributed by atoms with Crippen LogP contribution in [0.15, 0.2) is 37.1 Å². The second-order valence-corrected chi connectivity index (χ2v) is 7.30. The average molecular weight is 382 g/mol. The van der Waals surface area contributed by atoms with Crippen LogP contribution in [0.5, 0.6) is 0 Å². The molecule has 0 aliphatic carbocycles. The molecule has 122 valence electrons. The molecule has 0 spiro atoms. The van der Waals surface area contributed by atoms with Crippen LogP contribution >= 0.6 is 0 Å². The van der Waals surface area contributed by atoms with E-state index in [1.54, 1.807) is 18.7 Å². The standard InChI is InChI=1S/C17H19AsN6/c18-17-16-14(21-11-22-17)3-4-15(23-16)24-7-1-2-12(10-24)8-13-9-19-5-6-20-13/h3-6,9,11-12H,1-2,7-8,10,18H2. The Morgan fingerprint density at radius 3 is 3.00 bits per heavy atom. The van der Waals surface area contributed by atoms with E-state index in [9.17, 15) is 0 Å². The van der Waals surface area contributed by atoms with Gasteiger partial charge in [-0.1, -0.05) is 0 Å². The Labute approximate surface area is 149 Å². The number of anilines is 1. The van der Waals surface area contributed by atoms with Gasteiger partial charge in [0.2, 0.25) is 0 Å². The molecule has 0 saturated carbocycles. The summed E-state index contributed by atoms with van der Waals surface area (Å²) in [6, 6.07) is 4.13. The van der Waals surface area contributed by atoms with E-state index >= 15 is 0 Å². The molecule has 4 rings (SSSR count). The normalized spacial score (nSPS) is 18.0. The predicted octanol–water partition coefficient (Wildman–Crippen LogP) is 0.532. The molecule has 1 aliphatic heterocycles. The van der Waals surface area contributed by atoms with Gasteiger partial charge in [0.15, 0.2) is 0 Å². The van der Waals surface area contributed by atoms with Crippen LogP contribution in [-0.2, 0) is 6.42 Å². The first kappa shape index (κ1) is 15.5. The van der Waals surface area contributed by atoms with Crippen LogP contribution in [0.1, 0.15) is 18.5 Å². The Balaban J connectivity index is 1.54. The molecular weight excluding hydrogens is 363 g/mol. The van der Waals surface area contributed by atoms with Crippen LogP contribution in [0.4, 0.5) is 5.82 Å². The van der Waals surface area contributed by atoms with Crippen molar-refractivity contribution in [3.05, 3.63) is 42.7 Å². The molecule has 3 aromatic rings. The van der Waals surface area contributed by atoms with E-state index in [4.69, 9.17) is 4.98 Å². The molecule has 24 heavy (non-hydrogen) atoms.